The van der Waals surface area contributed by atoms with E-state index in [9.17, 15) is 4.79 Å². The standard InChI is InChI=1S/C17H17ClN2O3/c1-11(12-4-7-14(22-2)8-5-12)19-20-17(21)15-10-13(18)6-9-16(15)23-3/h4-10H,1-3H3,(H,20,21)/b19-11-. The van der Waals surface area contributed by atoms with Crippen LogP contribution in [-0.4, -0.2) is 25.8 Å². The summed E-state index contributed by atoms with van der Waals surface area (Å²) < 4.78 is 10.3. The fourth-order valence-electron chi connectivity index (χ4n) is 1.95. The van der Waals surface area contributed by atoms with Crippen molar-refractivity contribution in [3.63, 3.8) is 0 Å². The molecule has 0 saturated heterocycles. The van der Waals surface area contributed by atoms with Crippen molar-refractivity contribution in [3.8, 4) is 11.5 Å². The van der Waals surface area contributed by atoms with Gasteiger partial charge in [-0.15, -0.1) is 0 Å². The molecular weight excluding hydrogens is 316 g/mol. The molecule has 1 N–H and O–H groups in total. The van der Waals surface area contributed by atoms with Gasteiger partial charge in [-0.05, 0) is 55.0 Å². The van der Waals surface area contributed by atoms with Gasteiger partial charge in [0.2, 0.25) is 0 Å². The van der Waals surface area contributed by atoms with Gasteiger partial charge in [0.05, 0.1) is 25.5 Å². The van der Waals surface area contributed by atoms with Crippen molar-refractivity contribution in [2.75, 3.05) is 14.2 Å². The Balaban J connectivity index is 2.15. The first kappa shape index (κ1) is 16.8. The van der Waals surface area contributed by atoms with Crippen LogP contribution in [0.25, 0.3) is 0 Å². The van der Waals surface area contributed by atoms with Crippen LogP contribution in [0.4, 0.5) is 0 Å². The summed E-state index contributed by atoms with van der Waals surface area (Å²) in [6, 6.07) is 12.2. The van der Waals surface area contributed by atoms with Gasteiger partial charge >= 0.3 is 0 Å². The minimum absolute atomic E-state index is 0.325. The summed E-state index contributed by atoms with van der Waals surface area (Å²) in [5, 5.41) is 4.56. The summed E-state index contributed by atoms with van der Waals surface area (Å²) in [6.07, 6.45) is 0. The molecule has 120 valence electrons. The van der Waals surface area contributed by atoms with Gasteiger partial charge in [-0.25, -0.2) is 5.43 Å². The molecule has 6 heteroatoms. The number of halogens is 1. The van der Waals surface area contributed by atoms with Gasteiger partial charge in [0.15, 0.2) is 0 Å². The molecule has 0 radical (unpaired) electrons. The third-order valence-corrected chi connectivity index (χ3v) is 3.47. The Bertz CT molecular complexity index is 727. The molecule has 0 aromatic heterocycles. The van der Waals surface area contributed by atoms with Gasteiger partial charge in [0.25, 0.3) is 5.91 Å². The number of hydrogen-bond acceptors (Lipinski definition) is 4. The van der Waals surface area contributed by atoms with Gasteiger partial charge in [-0.1, -0.05) is 11.6 Å². The monoisotopic (exact) mass is 332 g/mol. The number of hydrogen-bond donors (Lipinski definition) is 1. The number of methoxy groups -OCH3 is 2. The molecule has 0 aliphatic rings. The molecule has 0 heterocycles. The molecule has 0 spiro atoms. The average Bonchev–Trinajstić information content (AvgIpc) is 2.59. The molecule has 23 heavy (non-hydrogen) atoms. The molecule has 2 aromatic carbocycles. The van der Waals surface area contributed by atoms with Crippen LogP contribution in [0.5, 0.6) is 11.5 Å². The molecule has 0 unspecified atom stereocenters. The second-order valence-corrected chi connectivity index (χ2v) is 5.15. The lowest BCUT2D eigenvalue weighted by molar-refractivity contribution is 0.0952. The molecule has 0 bridgehead atoms. The zero-order valence-electron chi connectivity index (χ0n) is 13.1. The SMILES string of the molecule is COc1ccc(/C(C)=N\NC(=O)c2cc(Cl)ccc2OC)cc1. The minimum atomic E-state index is -0.391. The largest absolute Gasteiger partial charge is 0.497 e. The van der Waals surface area contributed by atoms with E-state index in [1.54, 1.807) is 26.2 Å². The summed E-state index contributed by atoms with van der Waals surface area (Å²) in [5.41, 5.74) is 4.38. The second kappa shape index (κ2) is 7.65. The summed E-state index contributed by atoms with van der Waals surface area (Å²) in [4.78, 5) is 12.2. The fraction of sp³-hybridized carbons (Fsp3) is 0.176. The maximum Gasteiger partial charge on any atom is 0.275 e. The van der Waals surface area contributed by atoms with Crippen LogP contribution in [0.1, 0.15) is 22.8 Å². The molecule has 0 saturated carbocycles. The Labute approximate surface area is 139 Å². The number of nitrogens with one attached hydrogen (secondary N) is 1. The zero-order chi connectivity index (χ0) is 16.8. The lowest BCUT2D eigenvalue weighted by atomic mass is 10.1. The number of carbonyl (C=O) groups is 1. The van der Waals surface area contributed by atoms with Crippen LogP contribution in [0, 0.1) is 0 Å². The van der Waals surface area contributed by atoms with E-state index >= 15 is 0 Å². The van der Waals surface area contributed by atoms with E-state index < -0.39 is 5.91 Å². The van der Waals surface area contributed by atoms with Gasteiger partial charge in [-0.2, -0.15) is 5.10 Å². The average molecular weight is 333 g/mol. The van der Waals surface area contributed by atoms with Crippen molar-refractivity contribution in [2.45, 2.75) is 6.92 Å². The normalized spacial score (nSPS) is 11.0. The van der Waals surface area contributed by atoms with Crippen molar-refractivity contribution < 1.29 is 14.3 Å². The quantitative estimate of drug-likeness (QED) is 0.673. The summed E-state index contributed by atoms with van der Waals surface area (Å²) >= 11 is 5.92. The number of rotatable bonds is 5. The maximum atomic E-state index is 12.2. The molecule has 0 aliphatic heterocycles. The molecule has 5 nitrogen and oxygen atoms in total. The van der Waals surface area contributed by atoms with E-state index in [0.29, 0.717) is 22.0 Å². The van der Waals surface area contributed by atoms with Gasteiger partial charge in [0, 0.05) is 5.02 Å². The second-order valence-electron chi connectivity index (χ2n) is 4.71. The molecule has 0 fully saturated rings. The predicted octanol–water partition coefficient (Wildman–Crippen LogP) is 3.51. The first-order valence-corrected chi connectivity index (χ1v) is 7.25. The number of nitrogens with zero attached hydrogens (tertiary/aromatic N) is 1. The maximum absolute atomic E-state index is 12.2. The van der Waals surface area contributed by atoms with E-state index in [2.05, 4.69) is 10.5 Å². The molecule has 2 aromatic rings. The van der Waals surface area contributed by atoms with Crippen molar-refractivity contribution in [3.05, 3.63) is 58.6 Å². The predicted molar refractivity (Wildman–Crippen MR) is 90.7 cm³/mol. The highest BCUT2D eigenvalue weighted by atomic mass is 35.5. The third-order valence-electron chi connectivity index (χ3n) is 3.24. The Morgan fingerprint density at radius 3 is 2.39 bits per heavy atom. The Hall–Kier alpha value is -2.53. The van der Waals surface area contributed by atoms with E-state index in [-0.39, 0.29) is 0 Å². The molecule has 2 rings (SSSR count). The highest BCUT2D eigenvalue weighted by Gasteiger charge is 2.12. The van der Waals surface area contributed by atoms with Gasteiger partial charge in [0.1, 0.15) is 11.5 Å². The van der Waals surface area contributed by atoms with Crippen LogP contribution in [-0.2, 0) is 0 Å². The van der Waals surface area contributed by atoms with Gasteiger partial charge < -0.3 is 9.47 Å². The Morgan fingerprint density at radius 2 is 1.78 bits per heavy atom. The van der Waals surface area contributed by atoms with Crippen LogP contribution in [0.2, 0.25) is 5.02 Å². The smallest absolute Gasteiger partial charge is 0.275 e. The number of benzene rings is 2. The number of hydrazone groups is 1. The van der Waals surface area contributed by atoms with Crippen LogP contribution in [0.3, 0.4) is 0 Å². The minimum Gasteiger partial charge on any atom is -0.497 e. The molecule has 1 amide bonds. The van der Waals surface area contributed by atoms with E-state index in [1.807, 2.05) is 24.3 Å². The number of ether oxygens (including phenoxy) is 2. The molecule has 0 aliphatic carbocycles. The van der Waals surface area contributed by atoms with Crippen molar-refractivity contribution in [1.29, 1.82) is 0 Å². The van der Waals surface area contributed by atoms with Crippen molar-refractivity contribution >= 4 is 23.2 Å². The fourth-order valence-corrected chi connectivity index (χ4v) is 2.12. The van der Waals surface area contributed by atoms with Crippen molar-refractivity contribution in [2.24, 2.45) is 5.10 Å². The molecule has 0 atom stereocenters. The van der Waals surface area contributed by atoms with E-state index in [4.69, 9.17) is 21.1 Å². The van der Waals surface area contributed by atoms with E-state index in [0.717, 1.165) is 11.3 Å². The summed E-state index contributed by atoms with van der Waals surface area (Å²) in [6.45, 7) is 1.80. The highest BCUT2D eigenvalue weighted by Crippen LogP contribution is 2.22. The summed E-state index contributed by atoms with van der Waals surface area (Å²) in [7, 11) is 3.10. The van der Waals surface area contributed by atoms with Gasteiger partial charge in [-0.3, -0.25) is 4.79 Å². The lowest BCUT2D eigenvalue weighted by Gasteiger charge is -2.08. The van der Waals surface area contributed by atoms with Crippen LogP contribution < -0.4 is 14.9 Å². The van der Waals surface area contributed by atoms with E-state index in [1.165, 1.54) is 13.2 Å². The molecular formula is C17H17ClN2O3. The Morgan fingerprint density at radius 1 is 1.09 bits per heavy atom. The Kier molecular flexibility index (Phi) is 5.60. The first-order valence-electron chi connectivity index (χ1n) is 6.87. The van der Waals surface area contributed by atoms with Crippen LogP contribution in [0.15, 0.2) is 47.6 Å². The number of amides is 1. The van der Waals surface area contributed by atoms with Crippen molar-refractivity contribution in [1.82, 2.24) is 5.43 Å². The first-order chi connectivity index (χ1) is 11.0. The third kappa shape index (κ3) is 4.23. The van der Waals surface area contributed by atoms with Crippen LogP contribution >= 0.6 is 11.6 Å². The highest BCUT2D eigenvalue weighted by molar-refractivity contribution is 6.31. The topological polar surface area (TPSA) is 59.9 Å². The number of carbonyl (C=O) groups excluding carboxylic acids is 1. The summed E-state index contributed by atoms with van der Waals surface area (Å²) in [5.74, 6) is 0.802. The zero-order valence-corrected chi connectivity index (χ0v) is 13.8. The lowest BCUT2D eigenvalue weighted by Crippen LogP contribution is -2.20.